The van der Waals surface area contributed by atoms with Gasteiger partial charge >= 0.3 is 0 Å². The molecule has 84 valence electrons. The molecule has 1 aromatic carbocycles. The van der Waals surface area contributed by atoms with Crippen LogP contribution in [0.15, 0.2) is 22.7 Å². The summed E-state index contributed by atoms with van der Waals surface area (Å²) in [5, 5.41) is 3.70. The quantitative estimate of drug-likeness (QED) is 0.852. The average molecular weight is 224 g/mol. The first-order chi connectivity index (χ1) is 7.63. The highest BCUT2D eigenvalue weighted by molar-refractivity contribution is 5.64. The first-order valence-electron chi connectivity index (χ1n) is 4.74. The summed E-state index contributed by atoms with van der Waals surface area (Å²) in [5.74, 6) is -0.564. The Morgan fingerprint density at radius 3 is 2.81 bits per heavy atom. The number of nitrogens with two attached hydrogens (primary N) is 1. The Bertz CT molecular complexity index is 523. The molecular weight excluding hydrogens is 214 g/mol. The van der Waals surface area contributed by atoms with Crippen molar-refractivity contribution in [3.05, 3.63) is 41.2 Å². The number of aromatic nitrogens is 1. The summed E-state index contributed by atoms with van der Waals surface area (Å²) < 4.78 is 31.4. The van der Waals surface area contributed by atoms with Gasteiger partial charge in [0.25, 0.3) is 0 Å². The molecule has 2 rings (SSSR count). The lowest BCUT2D eigenvalue weighted by Gasteiger charge is -2.01. The van der Waals surface area contributed by atoms with Gasteiger partial charge in [-0.1, -0.05) is 5.16 Å². The average Bonchev–Trinajstić information content (AvgIpc) is 2.63. The number of hydrogen-bond donors (Lipinski definition) is 1. The van der Waals surface area contributed by atoms with Gasteiger partial charge in [-0.2, -0.15) is 0 Å². The zero-order chi connectivity index (χ0) is 11.7. The van der Waals surface area contributed by atoms with Crippen molar-refractivity contribution in [2.24, 2.45) is 5.73 Å². The SMILES string of the molecule is Cc1onc(-c2cc(F)ccc2F)c1CN. The van der Waals surface area contributed by atoms with E-state index in [0.717, 1.165) is 18.2 Å². The molecule has 1 heterocycles. The number of nitrogens with zero attached hydrogens (tertiary/aromatic N) is 1. The van der Waals surface area contributed by atoms with Gasteiger partial charge < -0.3 is 10.3 Å². The highest BCUT2D eigenvalue weighted by Crippen LogP contribution is 2.27. The lowest BCUT2D eigenvalue weighted by atomic mass is 10.1. The first kappa shape index (κ1) is 10.8. The van der Waals surface area contributed by atoms with E-state index < -0.39 is 11.6 Å². The summed E-state index contributed by atoms with van der Waals surface area (Å²) in [4.78, 5) is 0. The van der Waals surface area contributed by atoms with E-state index in [1.807, 2.05) is 0 Å². The predicted molar refractivity (Wildman–Crippen MR) is 54.5 cm³/mol. The molecule has 0 saturated carbocycles. The molecule has 5 heteroatoms. The highest BCUT2D eigenvalue weighted by Gasteiger charge is 2.17. The molecule has 0 aliphatic carbocycles. The second-order valence-corrected chi connectivity index (χ2v) is 3.39. The predicted octanol–water partition coefficient (Wildman–Crippen LogP) is 2.39. The maximum atomic E-state index is 13.5. The van der Waals surface area contributed by atoms with Crippen LogP contribution in [0.2, 0.25) is 0 Å². The summed E-state index contributed by atoms with van der Waals surface area (Å²) in [6.07, 6.45) is 0. The summed E-state index contributed by atoms with van der Waals surface area (Å²) in [5.41, 5.74) is 6.42. The molecule has 0 fully saturated rings. The van der Waals surface area contributed by atoms with Gasteiger partial charge in [-0.3, -0.25) is 0 Å². The minimum Gasteiger partial charge on any atom is -0.361 e. The van der Waals surface area contributed by atoms with Crippen molar-refractivity contribution in [3.63, 3.8) is 0 Å². The zero-order valence-electron chi connectivity index (χ0n) is 8.63. The Morgan fingerprint density at radius 2 is 2.12 bits per heavy atom. The smallest absolute Gasteiger partial charge is 0.138 e. The number of hydrogen-bond acceptors (Lipinski definition) is 3. The molecule has 0 amide bonds. The van der Waals surface area contributed by atoms with Crippen LogP contribution in [0, 0.1) is 18.6 Å². The molecule has 1 aromatic heterocycles. The molecule has 0 atom stereocenters. The zero-order valence-corrected chi connectivity index (χ0v) is 8.63. The number of halogens is 2. The van der Waals surface area contributed by atoms with Crippen molar-refractivity contribution in [1.82, 2.24) is 5.16 Å². The number of aryl methyl sites for hydroxylation is 1. The van der Waals surface area contributed by atoms with Gasteiger partial charge in [0.2, 0.25) is 0 Å². The fraction of sp³-hybridized carbons (Fsp3) is 0.182. The fourth-order valence-corrected chi connectivity index (χ4v) is 1.52. The fourth-order valence-electron chi connectivity index (χ4n) is 1.52. The van der Waals surface area contributed by atoms with E-state index in [2.05, 4.69) is 5.16 Å². The summed E-state index contributed by atoms with van der Waals surface area (Å²) in [6, 6.07) is 3.18. The summed E-state index contributed by atoms with van der Waals surface area (Å²) in [7, 11) is 0. The van der Waals surface area contributed by atoms with Crippen LogP contribution in [0.5, 0.6) is 0 Å². The Kier molecular flexibility index (Phi) is 2.70. The van der Waals surface area contributed by atoms with Crippen molar-refractivity contribution >= 4 is 0 Å². The van der Waals surface area contributed by atoms with E-state index in [1.165, 1.54) is 0 Å². The Morgan fingerprint density at radius 1 is 1.38 bits per heavy atom. The lowest BCUT2D eigenvalue weighted by molar-refractivity contribution is 0.398. The molecule has 0 saturated heterocycles. The number of benzene rings is 1. The third-order valence-electron chi connectivity index (χ3n) is 2.37. The minimum atomic E-state index is -0.551. The van der Waals surface area contributed by atoms with Crippen LogP contribution in [0.1, 0.15) is 11.3 Å². The number of rotatable bonds is 2. The van der Waals surface area contributed by atoms with Crippen LogP contribution in [-0.2, 0) is 6.54 Å². The summed E-state index contributed by atoms with van der Waals surface area (Å²) in [6.45, 7) is 1.84. The van der Waals surface area contributed by atoms with Gasteiger partial charge in [-0.25, -0.2) is 8.78 Å². The maximum Gasteiger partial charge on any atom is 0.138 e. The van der Waals surface area contributed by atoms with Crippen molar-refractivity contribution in [2.45, 2.75) is 13.5 Å². The Hall–Kier alpha value is -1.75. The molecule has 0 aliphatic rings. The van der Waals surface area contributed by atoms with Crippen molar-refractivity contribution in [2.75, 3.05) is 0 Å². The van der Waals surface area contributed by atoms with Crippen LogP contribution in [0.3, 0.4) is 0 Å². The lowest BCUT2D eigenvalue weighted by Crippen LogP contribution is -1.99. The largest absolute Gasteiger partial charge is 0.361 e. The molecule has 3 nitrogen and oxygen atoms in total. The summed E-state index contributed by atoms with van der Waals surface area (Å²) >= 11 is 0. The van der Waals surface area contributed by atoms with E-state index in [-0.39, 0.29) is 17.8 Å². The molecule has 0 spiro atoms. The standard InChI is InChI=1S/C11H10F2N2O/c1-6-9(5-14)11(15-16-6)8-4-7(12)2-3-10(8)13/h2-4H,5,14H2,1H3. The molecule has 0 unspecified atom stereocenters. The third-order valence-corrected chi connectivity index (χ3v) is 2.37. The molecule has 16 heavy (non-hydrogen) atoms. The van der Waals surface area contributed by atoms with E-state index in [1.54, 1.807) is 6.92 Å². The van der Waals surface area contributed by atoms with Gasteiger partial charge in [-0.15, -0.1) is 0 Å². The van der Waals surface area contributed by atoms with Crippen molar-refractivity contribution < 1.29 is 13.3 Å². The monoisotopic (exact) mass is 224 g/mol. The van der Waals surface area contributed by atoms with E-state index in [0.29, 0.717) is 11.3 Å². The molecule has 0 radical (unpaired) electrons. The minimum absolute atomic E-state index is 0.0669. The topological polar surface area (TPSA) is 52.0 Å². The van der Waals surface area contributed by atoms with Crippen LogP contribution >= 0.6 is 0 Å². The highest BCUT2D eigenvalue weighted by atomic mass is 19.1. The van der Waals surface area contributed by atoms with Crippen LogP contribution < -0.4 is 5.73 Å². The maximum absolute atomic E-state index is 13.5. The Labute approximate surface area is 90.9 Å². The van der Waals surface area contributed by atoms with Gasteiger partial charge in [-0.05, 0) is 25.1 Å². The van der Waals surface area contributed by atoms with Crippen LogP contribution in [0.25, 0.3) is 11.3 Å². The first-order valence-corrected chi connectivity index (χ1v) is 4.74. The molecule has 2 N–H and O–H groups in total. The molecule has 2 aromatic rings. The van der Waals surface area contributed by atoms with Crippen molar-refractivity contribution in [1.29, 1.82) is 0 Å². The molecule has 0 bridgehead atoms. The van der Waals surface area contributed by atoms with E-state index >= 15 is 0 Å². The second-order valence-electron chi connectivity index (χ2n) is 3.39. The molecular formula is C11H10F2N2O. The van der Waals surface area contributed by atoms with E-state index in [9.17, 15) is 8.78 Å². The Balaban J connectivity index is 2.62. The molecule has 0 aliphatic heterocycles. The second kappa shape index (κ2) is 4.02. The van der Waals surface area contributed by atoms with E-state index in [4.69, 9.17) is 10.3 Å². The third kappa shape index (κ3) is 1.69. The van der Waals surface area contributed by atoms with Crippen LogP contribution in [-0.4, -0.2) is 5.16 Å². The van der Waals surface area contributed by atoms with Crippen molar-refractivity contribution in [3.8, 4) is 11.3 Å². The van der Waals surface area contributed by atoms with Crippen LogP contribution in [0.4, 0.5) is 8.78 Å². The van der Waals surface area contributed by atoms with Gasteiger partial charge in [0.05, 0.1) is 0 Å². The van der Waals surface area contributed by atoms with Gasteiger partial charge in [0, 0.05) is 17.7 Å². The van der Waals surface area contributed by atoms with Gasteiger partial charge in [0.15, 0.2) is 0 Å². The normalized spacial score (nSPS) is 10.8. The van der Waals surface area contributed by atoms with Gasteiger partial charge in [0.1, 0.15) is 23.1 Å².